The Morgan fingerprint density at radius 2 is 0.785 bits per heavy atom. The van der Waals surface area contributed by atoms with Crippen LogP contribution in [0.1, 0.15) is 290 Å². The van der Waals surface area contributed by atoms with E-state index in [0.29, 0.717) is 122 Å². The van der Waals surface area contributed by atoms with Crippen molar-refractivity contribution in [3.63, 3.8) is 0 Å². The van der Waals surface area contributed by atoms with E-state index in [1.807, 2.05) is 223 Å². The van der Waals surface area contributed by atoms with E-state index in [9.17, 15) is 62.6 Å². The van der Waals surface area contributed by atoms with Gasteiger partial charge in [-0.25, -0.2) is 14.4 Å². The average Bonchev–Trinajstić information content (AvgIpc) is 0.854. The molecule has 33 nitrogen and oxygen atoms in total. The molecule has 0 atom stereocenters. The minimum absolute atomic E-state index is 0. The van der Waals surface area contributed by atoms with Crippen molar-refractivity contribution in [3.05, 3.63) is 23.5 Å². The monoisotopic (exact) mass is 1850 g/mol. The first kappa shape index (κ1) is 133. The second kappa shape index (κ2) is 73.3. The van der Waals surface area contributed by atoms with E-state index in [-0.39, 0.29) is 139 Å². The summed E-state index contributed by atoms with van der Waals surface area (Å²) in [6, 6.07) is 3.98. The van der Waals surface area contributed by atoms with Gasteiger partial charge in [-0.2, -0.15) is 0 Å². The van der Waals surface area contributed by atoms with Gasteiger partial charge >= 0.3 is 18.3 Å². The highest BCUT2D eigenvalue weighted by Crippen LogP contribution is 2.21. The van der Waals surface area contributed by atoms with Crippen LogP contribution in [0.5, 0.6) is 5.75 Å². The molecule has 33 heteroatoms. The first-order chi connectivity index (χ1) is 59.3. The van der Waals surface area contributed by atoms with Gasteiger partial charge in [0.15, 0.2) is 0 Å². The summed E-state index contributed by atoms with van der Waals surface area (Å²) < 4.78 is 25.6. The number of nitrogens with one attached hydrogen (secondary N) is 6. The minimum Gasteiger partial charge on any atom is -0.506 e. The van der Waals surface area contributed by atoms with Crippen LogP contribution in [0.25, 0.3) is 0 Å². The molecule has 0 radical (unpaired) electrons. The van der Waals surface area contributed by atoms with Gasteiger partial charge in [0.1, 0.15) is 28.2 Å². The van der Waals surface area contributed by atoms with Gasteiger partial charge < -0.3 is 101 Å². The second-order valence-electron chi connectivity index (χ2n) is 38.7. The van der Waals surface area contributed by atoms with Crippen LogP contribution < -0.4 is 37.6 Å². The molecule has 1 aromatic rings. The van der Waals surface area contributed by atoms with E-state index < -0.39 is 22.9 Å². The topological polar surface area (TPSA) is 405 Å². The van der Waals surface area contributed by atoms with Crippen LogP contribution >= 0.6 is 0 Å². The molecule has 3 aliphatic heterocycles. The van der Waals surface area contributed by atoms with Crippen molar-refractivity contribution in [2.75, 3.05) is 153 Å². The Bertz CT molecular complexity index is 3240. The molecule has 0 unspecified atom stereocenters. The number of nitrogens with zero attached hydrogens (tertiary/aromatic N) is 8. The zero-order valence-corrected chi connectivity index (χ0v) is 86.0. The number of hydrogen-bond acceptors (Lipinski definition) is 21. The Balaban J connectivity index is -0.000000335. The summed E-state index contributed by atoms with van der Waals surface area (Å²) >= 11 is 0. The molecule has 0 bridgehead atoms. The van der Waals surface area contributed by atoms with Crippen molar-refractivity contribution in [2.45, 2.75) is 321 Å². The van der Waals surface area contributed by atoms with Gasteiger partial charge in [-0.1, -0.05) is 159 Å². The number of methoxy groups -OCH3 is 2. The standard InChI is InChI=1S/C14H26N2O3.C13H24N2O3.C12H24N2O3.C12H18N2O2.C10H21NO3.C10H19NO.C9H17NO.C8H18N2O.C7H16N2O.2CH4/c1-10(2)12(17)15-11-6-8-16(9-7-11)13(18)19-14(3,4)5;1-10(2)11(16)14-6-8-15(9-7-14)12(17)18-13(3,4)5;1-9(2)10(15)13-7-6-8-14-11(16)17-12(3,4)5;1-8(2)12(16)14(4)7-10-11(15)6-5-9(3)13-10;1-9(2)10(12)11(5-7-13-3)6-8-14-4;1-8(2)10(12)11-9-6-4-3-5-7-9;1-8(2)9(11)10-6-4-3-5-7-10;1-7(2)8(11)9-5-6-10(3)4;1-6(2)7(10)9-5-3-4-8;;/h10-11H,6-9H2,1-5H3,(H,15,17);10H,6-9H2,1-5H3;9H,6-8H2,1-5H3,(H,13,15)(H,14,16);5-6,8,15H,7H2,1-4H3;9H,5-8H2,1-4H3;8-9H,3-7H2,1-2H3,(H,11,12);8H,3-7H2,1-2H3;7H,5-6H2,1-4H3,(H,9,11);6H,3-5,8H2,1-2H3,(H,9,10);2*1H4. The summed E-state index contributed by atoms with van der Waals surface area (Å²) in [7, 11) is 8.96. The maximum Gasteiger partial charge on any atom is 0.410 e. The van der Waals surface area contributed by atoms with Crippen LogP contribution in [0.4, 0.5) is 14.4 Å². The van der Waals surface area contributed by atoms with Crippen molar-refractivity contribution in [3.8, 4) is 5.75 Å². The smallest absolute Gasteiger partial charge is 0.410 e. The highest BCUT2D eigenvalue weighted by Gasteiger charge is 2.31. The first-order valence-corrected chi connectivity index (χ1v) is 46.8. The number of alkyl carbamates (subject to hydrolysis) is 1. The number of aromatic hydroxyl groups is 1. The van der Waals surface area contributed by atoms with Crippen LogP contribution in [-0.2, 0) is 73.4 Å². The number of likely N-dealkylation sites (tertiary alicyclic amines) is 2. The van der Waals surface area contributed by atoms with E-state index in [4.69, 9.17) is 29.4 Å². The van der Waals surface area contributed by atoms with Gasteiger partial charge in [0, 0.05) is 190 Å². The summed E-state index contributed by atoms with van der Waals surface area (Å²) in [4.78, 5) is 154. The van der Waals surface area contributed by atoms with Crippen molar-refractivity contribution in [1.29, 1.82) is 0 Å². The van der Waals surface area contributed by atoms with E-state index in [0.717, 1.165) is 51.1 Å². The Morgan fingerprint density at radius 1 is 0.431 bits per heavy atom. The number of ether oxygens (including phenoxy) is 5. The minimum atomic E-state index is -0.476. The Hall–Kier alpha value is -8.17. The lowest BCUT2D eigenvalue weighted by atomic mass is 9.95. The molecule has 1 aliphatic carbocycles. The van der Waals surface area contributed by atoms with Gasteiger partial charge in [-0.05, 0) is 160 Å². The fourth-order valence-electron chi connectivity index (χ4n) is 11.5. The Labute approximate surface area is 788 Å². The van der Waals surface area contributed by atoms with E-state index in [1.165, 1.54) is 51.4 Å². The number of aryl methyl sites for hydroxylation is 1. The third-order valence-electron chi connectivity index (χ3n) is 19.1. The number of piperazine rings is 1. The number of likely N-dealkylation sites (N-methyl/N-ethyl adjacent to an activating group) is 1. The Kier molecular flexibility index (Phi) is 74.8. The van der Waals surface area contributed by atoms with Crippen molar-refractivity contribution in [2.24, 2.45) is 59.0 Å². The average molecular weight is 1860 g/mol. The molecule has 4 aliphatic rings. The SMILES string of the molecule is C.C.CC(C)C(=O)N1CCCCC1.CC(C)C(=O)N1CCN(C(=O)OC(C)(C)C)CC1.CC(C)C(=O)NC1CCCCC1.CC(C)C(=O)NC1CCN(C(=O)OC(C)(C)C)CC1.CC(C)C(=O)NCCCN.CC(C)C(=O)NCCCNC(=O)OC(C)(C)C.CC(C)C(=O)NCCN(C)C.COCCN(CCOC)C(=O)C(C)C.Cc1ccc(O)c(CN(C)C(=O)C(C)C)n1. The van der Waals surface area contributed by atoms with E-state index >= 15 is 0 Å². The number of pyridine rings is 1. The van der Waals surface area contributed by atoms with Crippen LogP contribution in [-0.4, -0.2) is 298 Å². The zero-order valence-electron chi connectivity index (χ0n) is 86.0. The molecule has 0 aromatic carbocycles. The van der Waals surface area contributed by atoms with Gasteiger partial charge in [0.25, 0.3) is 0 Å². The molecule has 9 N–H and O–H groups in total. The van der Waals surface area contributed by atoms with Crippen molar-refractivity contribution in [1.82, 2.24) is 71.2 Å². The number of hydrogen-bond donors (Lipinski definition) is 8. The molecular formula is C97H191N15O18. The maximum absolute atomic E-state index is 11.9. The molecule has 762 valence electrons. The molecule has 0 spiro atoms. The molecule has 12 amide bonds. The molecular weight excluding hydrogens is 1660 g/mol. The third kappa shape index (κ3) is 70.6. The summed E-state index contributed by atoms with van der Waals surface area (Å²) in [5.74, 6) is 1.84. The lowest BCUT2D eigenvalue weighted by molar-refractivity contribution is -0.136. The van der Waals surface area contributed by atoms with Crippen molar-refractivity contribution < 1.29 is 86.3 Å². The van der Waals surface area contributed by atoms with Gasteiger partial charge in [-0.3, -0.25) is 48.1 Å². The van der Waals surface area contributed by atoms with E-state index in [2.05, 4.69) is 36.9 Å². The fraction of sp³-hybridized carbons (Fsp3) is 0.825. The number of amides is 12. The van der Waals surface area contributed by atoms with E-state index in [1.54, 1.807) is 53.0 Å². The number of rotatable bonds is 29. The number of aromatic nitrogens is 1. The largest absolute Gasteiger partial charge is 0.506 e. The first-order valence-electron chi connectivity index (χ1n) is 46.8. The predicted octanol–water partition coefficient (Wildman–Crippen LogP) is 13.5. The fourth-order valence-corrected chi connectivity index (χ4v) is 11.5. The molecule has 1 saturated carbocycles. The molecule has 5 rings (SSSR count). The number of carbonyl (C=O) groups is 12. The van der Waals surface area contributed by atoms with Crippen LogP contribution in [0.2, 0.25) is 0 Å². The van der Waals surface area contributed by atoms with Gasteiger partial charge in [-0.15, -0.1) is 0 Å². The summed E-state index contributed by atoms with van der Waals surface area (Å²) in [6.45, 7) is 64.8. The second-order valence-corrected chi connectivity index (χ2v) is 38.7. The number of nitrogens with two attached hydrogens (primary N) is 1. The number of piperidine rings is 2. The van der Waals surface area contributed by atoms with Crippen molar-refractivity contribution >= 4 is 71.4 Å². The normalized spacial score (nSPS) is 13.9. The molecule has 1 aromatic heterocycles. The Morgan fingerprint density at radius 3 is 1.15 bits per heavy atom. The zero-order chi connectivity index (χ0) is 99.4. The molecule has 3 saturated heterocycles. The summed E-state index contributed by atoms with van der Waals surface area (Å²) in [5.41, 5.74) is 5.20. The van der Waals surface area contributed by atoms with Crippen LogP contribution in [0, 0.1) is 60.2 Å². The highest BCUT2D eigenvalue weighted by atomic mass is 16.6. The van der Waals surface area contributed by atoms with Gasteiger partial charge in [0.2, 0.25) is 53.2 Å². The molecule has 4 heterocycles. The lowest BCUT2D eigenvalue weighted by Gasteiger charge is -2.36. The summed E-state index contributed by atoms with van der Waals surface area (Å²) in [6.07, 6.45) is 12.1. The number of carbonyl (C=O) groups excluding carboxylic acids is 12. The predicted molar refractivity (Wildman–Crippen MR) is 523 cm³/mol. The quantitative estimate of drug-likeness (QED) is 0.0273. The molecule has 130 heavy (non-hydrogen) atoms. The highest BCUT2D eigenvalue weighted by molar-refractivity contribution is 5.82. The lowest BCUT2D eigenvalue weighted by Crippen LogP contribution is -2.52. The molecule has 4 fully saturated rings. The van der Waals surface area contributed by atoms with Crippen LogP contribution in [0.15, 0.2) is 12.1 Å². The van der Waals surface area contributed by atoms with Gasteiger partial charge in [0.05, 0.1) is 19.8 Å². The maximum atomic E-state index is 11.9. The summed E-state index contributed by atoms with van der Waals surface area (Å²) in [5, 5.41) is 26.7. The van der Waals surface area contributed by atoms with Crippen LogP contribution in [0.3, 0.4) is 0 Å². The third-order valence-corrected chi connectivity index (χ3v) is 19.1.